The van der Waals surface area contributed by atoms with Crippen LogP contribution in [-0.2, 0) is 4.79 Å². The second kappa shape index (κ2) is 9.42. The summed E-state index contributed by atoms with van der Waals surface area (Å²) in [5, 5.41) is 12.4. The average Bonchev–Trinajstić information content (AvgIpc) is 3.10. The van der Waals surface area contributed by atoms with Crippen molar-refractivity contribution in [3.05, 3.63) is 18.3 Å². The van der Waals surface area contributed by atoms with Crippen LogP contribution in [0.15, 0.2) is 18.3 Å². The third-order valence-electron chi connectivity index (χ3n) is 7.15. The molecule has 2 saturated heterocycles. The molecule has 0 unspecified atom stereocenters. The molecule has 0 bridgehead atoms. The topological polar surface area (TPSA) is 95.0 Å². The highest BCUT2D eigenvalue weighted by Crippen LogP contribution is 2.44. The lowest BCUT2D eigenvalue weighted by molar-refractivity contribution is -0.139. The minimum Gasteiger partial charge on any atom is -0.409 e. The number of aliphatic hydroxyl groups is 1. The molecule has 2 aliphatic heterocycles. The smallest absolute Gasteiger partial charge is 0.409 e. The van der Waals surface area contributed by atoms with Crippen molar-refractivity contribution in [2.45, 2.75) is 70.4 Å². The van der Waals surface area contributed by atoms with Gasteiger partial charge in [-0.3, -0.25) is 4.79 Å². The molecule has 3 fully saturated rings. The number of aromatic nitrogens is 1. The van der Waals surface area contributed by atoms with Gasteiger partial charge >= 0.3 is 6.09 Å². The highest BCUT2D eigenvalue weighted by molar-refractivity contribution is 5.85. The summed E-state index contributed by atoms with van der Waals surface area (Å²) in [4.78, 5) is 33.8. The molecule has 0 radical (unpaired) electrons. The zero-order valence-electron chi connectivity index (χ0n) is 18.4. The molecule has 0 aromatic carbocycles. The van der Waals surface area contributed by atoms with E-state index in [0.717, 1.165) is 76.8 Å². The van der Waals surface area contributed by atoms with Crippen molar-refractivity contribution in [3.8, 4) is 5.75 Å². The first-order valence-electron chi connectivity index (χ1n) is 11.7. The van der Waals surface area contributed by atoms with Crippen LogP contribution in [0.5, 0.6) is 5.75 Å². The molecule has 4 rings (SSSR count). The van der Waals surface area contributed by atoms with Crippen LogP contribution in [0.3, 0.4) is 0 Å². The monoisotopic (exact) mass is 430 g/mol. The van der Waals surface area contributed by atoms with Crippen LogP contribution < -0.4 is 15.0 Å². The summed E-state index contributed by atoms with van der Waals surface area (Å²) in [6, 6.07) is 3.94. The fourth-order valence-corrected chi connectivity index (χ4v) is 5.18. The number of anilines is 1. The summed E-state index contributed by atoms with van der Waals surface area (Å²) < 4.78 is 5.23. The van der Waals surface area contributed by atoms with E-state index in [-0.39, 0.29) is 11.5 Å². The van der Waals surface area contributed by atoms with Gasteiger partial charge in [0.1, 0.15) is 5.82 Å². The fourth-order valence-electron chi connectivity index (χ4n) is 5.18. The molecule has 1 spiro atoms. The average molecular weight is 431 g/mol. The zero-order chi connectivity index (χ0) is 21.8. The number of carbonyl (C=O) groups excluding carboxylic acids is 2. The Kier molecular flexibility index (Phi) is 6.65. The van der Waals surface area contributed by atoms with Crippen molar-refractivity contribution >= 4 is 17.8 Å². The predicted molar refractivity (Wildman–Crippen MR) is 117 cm³/mol. The number of aliphatic hydroxyl groups excluding tert-OH is 1. The molecule has 1 aliphatic carbocycles. The van der Waals surface area contributed by atoms with E-state index in [1.165, 1.54) is 0 Å². The van der Waals surface area contributed by atoms with E-state index < -0.39 is 6.09 Å². The number of pyridine rings is 1. The summed E-state index contributed by atoms with van der Waals surface area (Å²) in [5.41, 5.74) is -0.229. The van der Waals surface area contributed by atoms with Gasteiger partial charge in [-0.25, -0.2) is 9.78 Å². The molecule has 2 N–H and O–H groups in total. The van der Waals surface area contributed by atoms with Gasteiger partial charge in [0.2, 0.25) is 5.91 Å². The molecule has 1 aromatic rings. The normalized spacial score (nSPS) is 25.7. The number of likely N-dealkylation sites (tertiary alicyclic amines) is 1. The Labute approximate surface area is 184 Å². The van der Waals surface area contributed by atoms with Gasteiger partial charge in [0.25, 0.3) is 0 Å². The zero-order valence-corrected chi connectivity index (χ0v) is 18.4. The van der Waals surface area contributed by atoms with E-state index in [2.05, 4.69) is 20.1 Å². The third kappa shape index (κ3) is 4.79. The van der Waals surface area contributed by atoms with Gasteiger partial charge in [0, 0.05) is 32.2 Å². The highest BCUT2D eigenvalue weighted by atomic mass is 16.6. The SMILES string of the molecule is CCCNC(=O)Oc1ccc(N2CCC3(CC2)CCN(C2CCC(O)CC2)C3=O)nc1. The number of nitrogens with one attached hydrogen (secondary N) is 1. The van der Waals surface area contributed by atoms with Crippen LogP contribution in [0.25, 0.3) is 0 Å². The highest BCUT2D eigenvalue weighted by Gasteiger charge is 2.50. The Morgan fingerprint density at radius 2 is 1.90 bits per heavy atom. The number of ether oxygens (including phenoxy) is 1. The molecular weight excluding hydrogens is 396 g/mol. The molecule has 1 saturated carbocycles. The summed E-state index contributed by atoms with van der Waals surface area (Å²) in [7, 11) is 0. The van der Waals surface area contributed by atoms with Gasteiger partial charge in [0.05, 0.1) is 17.7 Å². The number of rotatable bonds is 5. The fraction of sp³-hybridized carbons (Fsp3) is 0.696. The van der Waals surface area contributed by atoms with Gasteiger partial charge in [-0.05, 0) is 63.5 Å². The lowest BCUT2D eigenvalue weighted by Gasteiger charge is -2.40. The van der Waals surface area contributed by atoms with Crippen molar-refractivity contribution in [1.82, 2.24) is 15.2 Å². The molecular formula is C23H34N4O4. The second-order valence-electron chi connectivity index (χ2n) is 9.15. The molecule has 31 heavy (non-hydrogen) atoms. The van der Waals surface area contributed by atoms with Gasteiger partial charge in [0.15, 0.2) is 5.75 Å². The van der Waals surface area contributed by atoms with Crippen LogP contribution in [0.1, 0.15) is 58.3 Å². The van der Waals surface area contributed by atoms with E-state index in [4.69, 9.17) is 4.74 Å². The van der Waals surface area contributed by atoms with Crippen molar-refractivity contribution < 1.29 is 19.4 Å². The van der Waals surface area contributed by atoms with E-state index in [0.29, 0.717) is 24.2 Å². The minimum atomic E-state index is -0.465. The van der Waals surface area contributed by atoms with Crippen LogP contribution in [-0.4, -0.2) is 65.3 Å². The Hall–Kier alpha value is -2.35. The lowest BCUT2D eigenvalue weighted by atomic mass is 9.77. The van der Waals surface area contributed by atoms with E-state index in [1.54, 1.807) is 12.3 Å². The first-order chi connectivity index (χ1) is 15.0. The van der Waals surface area contributed by atoms with Crippen LogP contribution in [0.4, 0.5) is 10.6 Å². The van der Waals surface area contributed by atoms with E-state index >= 15 is 0 Å². The minimum absolute atomic E-state index is 0.193. The number of hydrogen-bond donors (Lipinski definition) is 2. The third-order valence-corrected chi connectivity index (χ3v) is 7.15. The maximum absolute atomic E-state index is 13.3. The summed E-state index contributed by atoms with van der Waals surface area (Å²) >= 11 is 0. The van der Waals surface area contributed by atoms with Gasteiger partial charge in [-0.1, -0.05) is 6.92 Å². The largest absolute Gasteiger partial charge is 0.412 e. The first kappa shape index (κ1) is 21.9. The van der Waals surface area contributed by atoms with Crippen LogP contribution in [0.2, 0.25) is 0 Å². The Balaban J connectivity index is 1.30. The molecule has 3 heterocycles. The quantitative estimate of drug-likeness (QED) is 0.746. The Morgan fingerprint density at radius 3 is 2.55 bits per heavy atom. The maximum Gasteiger partial charge on any atom is 0.412 e. The van der Waals surface area contributed by atoms with Crippen LogP contribution >= 0.6 is 0 Å². The number of amides is 2. The molecule has 2 amide bonds. The van der Waals surface area contributed by atoms with Gasteiger partial charge < -0.3 is 25.0 Å². The van der Waals surface area contributed by atoms with Crippen LogP contribution in [0, 0.1) is 5.41 Å². The Morgan fingerprint density at radius 1 is 1.19 bits per heavy atom. The molecule has 170 valence electrons. The van der Waals surface area contributed by atoms with Gasteiger partial charge in [-0.2, -0.15) is 0 Å². The second-order valence-corrected chi connectivity index (χ2v) is 9.15. The summed E-state index contributed by atoms with van der Waals surface area (Å²) in [5.74, 6) is 1.59. The van der Waals surface area contributed by atoms with E-state index in [9.17, 15) is 14.7 Å². The number of hydrogen-bond acceptors (Lipinski definition) is 6. The lowest BCUT2D eigenvalue weighted by Crippen LogP contribution is -2.47. The number of nitrogens with zero attached hydrogens (tertiary/aromatic N) is 3. The molecule has 1 aromatic heterocycles. The number of carbonyl (C=O) groups is 2. The first-order valence-corrected chi connectivity index (χ1v) is 11.7. The maximum atomic E-state index is 13.3. The van der Waals surface area contributed by atoms with Crippen molar-refractivity contribution in [3.63, 3.8) is 0 Å². The van der Waals surface area contributed by atoms with Crippen molar-refractivity contribution in [1.29, 1.82) is 0 Å². The van der Waals surface area contributed by atoms with Crippen molar-refractivity contribution in [2.24, 2.45) is 5.41 Å². The standard InChI is InChI=1S/C23H34N4O4/c1-2-12-24-22(30)31-19-7-8-20(25-16-19)26-13-9-23(10-14-26)11-15-27(21(23)29)17-3-5-18(28)6-4-17/h7-8,16-18,28H,2-6,9-15H2,1H3,(H,24,30). The van der Waals surface area contributed by atoms with Gasteiger partial charge in [-0.15, -0.1) is 0 Å². The van der Waals surface area contributed by atoms with Crippen molar-refractivity contribution in [2.75, 3.05) is 31.1 Å². The summed E-state index contributed by atoms with van der Waals surface area (Å²) in [6.45, 7) is 5.01. The Bertz CT molecular complexity index is 768. The molecule has 8 heteroatoms. The number of piperidine rings is 1. The molecule has 3 aliphatic rings. The molecule has 0 atom stereocenters. The summed E-state index contributed by atoms with van der Waals surface area (Å²) in [6.07, 6.45) is 7.85. The van der Waals surface area contributed by atoms with E-state index in [1.807, 2.05) is 13.0 Å². The predicted octanol–water partition coefficient (Wildman–Crippen LogP) is 2.70. The molecule has 8 nitrogen and oxygen atoms in total.